The Morgan fingerprint density at radius 1 is 1.07 bits per heavy atom. The fourth-order valence-electron chi connectivity index (χ4n) is 3.09. The number of methoxy groups -OCH3 is 1. The van der Waals surface area contributed by atoms with E-state index in [4.69, 9.17) is 9.47 Å². The van der Waals surface area contributed by atoms with Gasteiger partial charge in [-0.3, -0.25) is 0 Å². The second-order valence-corrected chi connectivity index (χ2v) is 8.53. The molecule has 8 heteroatoms. The quantitative estimate of drug-likeness (QED) is 0.495. The van der Waals surface area contributed by atoms with Gasteiger partial charge in [0, 0.05) is 44.5 Å². The van der Waals surface area contributed by atoms with Gasteiger partial charge in [-0.25, -0.2) is 16.8 Å². The van der Waals surface area contributed by atoms with Gasteiger partial charge in [0.2, 0.25) is 0 Å². The van der Waals surface area contributed by atoms with E-state index in [0.29, 0.717) is 31.9 Å². The average molecular weight is 433 g/mol. The maximum atomic E-state index is 14.5. The van der Waals surface area contributed by atoms with Gasteiger partial charge in [0.15, 0.2) is 0 Å². The first-order chi connectivity index (χ1) is 14.5. The summed E-state index contributed by atoms with van der Waals surface area (Å²) in [6, 6.07) is 14.1. The molecule has 0 radical (unpaired) electrons. The van der Waals surface area contributed by atoms with E-state index in [-0.39, 0.29) is 16.2 Å². The summed E-state index contributed by atoms with van der Waals surface area (Å²) in [5, 5.41) is 2.99. The van der Waals surface area contributed by atoms with Gasteiger partial charge >= 0.3 is 0 Å². The summed E-state index contributed by atoms with van der Waals surface area (Å²) in [7, 11) is -0.598. The van der Waals surface area contributed by atoms with Crippen LogP contribution < -0.4 is 10.1 Å². The highest BCUT2D eigenvalue weighted by atomic mass is 32.2. The Hall–Kier alpha value is -2.68. The minimum absolute atomic E-state index is 0.0657. The minimum atomic E-state index is -3.97. The largest absolute Gasteiger partial charge is 0.493 e. The standard InChI is InChI=1S/C22H25FN2O4S/c1-24-15-17-13-22(20-9-3-4-10-21(20)23)25(16-17)30(26,27)19-8-5-7-18(14-19)29-12-6-11-28-2/h3-5,7-10,13-14,16,24H,6,11-12,15H2,1-2H3. The third-order valence-electron chi connectivity index (χ3n) is 4.50. The van der Waals surface area contributed by atoms with Crippen molar-refractivity contribution in [3.63, 3.8) is 0 Å². The van der Waals surface area contributed by atoms with E-state index >= 15 is 0 Å². The molecule has 0 saturated heterocycles. The summed E-state index contributed by atoms with van der Waals surface area (Å²) < 4.78 is 53.1. The zero-order valence-electron chi connectivity index (χ0n) is 17.0. The molecule has 0 spiro atoms. The molecule has 0 amide bonds. The molecule has 0 aliphatic carbocycles. The molecule has 160 valence electrons. The van der Waals surface area contributed by atoms with Crippen LogP contribution in [0.1, 0.15) is 12.0 Å². The smallest absolute Gasteiger partial charge is 0.268 e. The van der Waals surface area contributed by atoms with Gasteiger partial charge in [-0.2, -0.15) is 0 Å². The molecule has 0 unspecified atom stereocenters. The van der Waals surface area contributed by atoms with Crippen molar-refractivity contribution in [2.75, 3.05) is 27.4 Å². The van der Waals surface area contributed by atoms with E-state index in [9.17, 15) is 12.8 Å². The highest BCUT2D eigenvalue weighted by molar-refractivity contribution is 7.90. The molecule has 30 heavy (non-hydrogen) atoms. The van der Waals surface area contributed by atoms with Crippen LogP contribution in [0.5, 0.6) is 5.75 Å². The van der Waals surface area contributed by atoms with Crippen molar-refractivity contribution < 1.29 is 22.3 Å². The summed E-state index contributed by atoms with van der Waals surface area (Å²) in [4.78, 5) is 0.0657. The van der Waals surface area contributed by atoms with Crippen molar-refractivity contribution in [2.45, 2.75) is 17.9 Å². The molecule has 0 bridgehead atoms. The molecule has 1 N–H and O–H groups in total. The average Bonchev–Trinajstić information content (AvgIpc) is 3.17. The van der Waals surface area contributed by atoms with Gasteiger partial charge in [0.25, 0.3) is 10.0 Å². The third-order valence-corrected chi connectivity index (χ3v) is 6.17. The van der Waals surface area contributed by atoms with Crippen LogP contribution in [0.3, 0.4) is 0 Å². The molecule has 2 aromatic carbocycles. The third kappa shape index (κ3) is 4.89. The van der Waals surface area contributed by atoms with Crippen LogP contribution in [0.25, 0.3) is 11.3 Å². The van der Waals surface area contributed by atoms with Crippen LogP contribution >= 0.6 is 0 Å². The molecule has 0 atom stereocenters. The van der Waals surface area contributed by atoms with Crippen LogP contribution in [-0.2, 0) is 21.3 Å². The van der Waals surface area contributed by atoms with E-state index in [1.54, 1.807) is 50.6 Å². The van der Waals surface area contributed by atoms with Gasteiger partial charge in [-0.05, 0) is 42.9 Å². The molecule has 6 nitrogen and oxygen atoms in total. The molecule has 1 aromatic heterocycles. The molecule has 0 fully saturated rings. The Labute approximate surface area is 176 Å². The number of benzene rings is 2. The van der Waals surface area contributed by atoms with Crippen molar-refractivity contribution in [3.8, 4) is 17.0 Å². The van der Waals surface area contributed by atoms with Crippen LogP contribution in [0.4, 0.5) is 4.39 Å². The Bertz CT molecular complexity index is 1100. The van der Waals surface area contributed by atoms with Crippen molar-refractivity contribution >= 4 is 10.0 Å². The van der Waals surface area contributed by atoms with Crippen molar-refractivity contribution in [2.24, 2.45) is 0 Å². The highest BCUT2D eigenvalue weighted by Crippen LogP contribution is 2.30. The zero-order valence-corrected chi connectivity index (χ0v) is 17.8. The van der Waals surface area contributed by atoms with Crippen LogP contribution in [0.2, 0.25) is 0 Å². The fraction of sp³-hybridized carbons (Fsp3) is 0.273. The summed E-state index contributed by atoms with van der Waals surface area (Å²) in [5.41, 5.74) is 1.21. The van der Waals surface area contributed by atoms with Crippen LogP contribution in [0, 0.1) is 5.82 Å². The van der Waals surface area contributed by atoms with Crippen molar-refractivity contribution in [1.82, 2.24) is 9.29 Å². The summed E-state index contributed by atoms with van der Waals surface area (Å²) >= 11 is 0. The summed E-state index contributed by atoms with van der Waals surface area (Å²) in [6.07, 6.45) is 2.20. The normalized spacial score (nSPS) is 11.6. The monoisotopic (exact) mass is 432 g/mol. The van der Waals surface area contributed by atoms with Crippen molar-refractivity contribution in [3.05, 3.63) is 72.2 Å². The maximum Gasteiger partial charge on any atom is 0.268 e. The SMILES string of the molecule is CNCc1cc(-c2ccccc2F)n(S(=O)(=O)c2cccc(OCCCOC)c2)c1. The molecular formula is C22H25FN2O4S. The second-order valence-electron chi connectivity index (χ2n) is 6.71. The van der Waals surface area contributed by atoms with E-state index < -0.39 is 15.8 Å². The summed E-state index contributed by atoms with van der Waals surface area (Å²) in [6.45, 7) is 1.42. The van der Waals surface area contributed by atoms with E-state index in [0.717, 1.165) is 9.54 Å². The van der Waals surface area contributed by atoms with Gasteiger partial charge in [0.1, 0.15) is 11.6 Å². The first kappa shape index (κ1) is 22.0. The Morgan fingerprint density at radius 3 is 2.60 bits per heavy atom. The zero-order chi connectivity index (χ0) is 21.6. The number of hydrogen-bond donors (Lipinski definition) is 1. The number of aromatic nitrogens is 1. The van der Waals surface area contributed by atoms with Gasteiger partial charge in [-0.15, -0.1) is 0 Å². The first-order valence-electron chi connectivity index (χ1n) is 9.55. The van der Waals surface area contributed by atoms with Crippen molar-refractivity contribution in [1.29, 1.82) is 0 Å². The molecular weight excluding hydrogens is 407 g/mol. The minimum Gasteiger partial charge on any atom is -0.493 e. The predicted molar refractivity (Wildman–Crippen MR) is 114 cm³/mol. The Balaban J connectivity index is 2.01. The lowest BCUT2D eigenvalue weighted by molar-refractivity contribution is 0.172. The second kappa shape index (κ2) is 9.88. The van der Waals surface area contributed by atoms with Crippen LogP contribution in [-0.4, -0.2) is 39.8 Å². The molecule has 1 heterocycles. The maximum absolute atomic E-state index is 14.5. The molecule has 0 aliphatic heterocycles. The van der Waals surface area contributed by atoms with Gasteiger partial charge in [-0.1, -0.05) is 18.2 Å². The number of halogens is 1. The number of ether oxygens (including phenoxy) is 2. The van der Waals surface area contributed by atoms with E-state index in [1.807, 2.05) is 0 Å². The van der Waals surface area contributed by atoms with Gasteiger partial charge in [0.05, 0.1) is 17.2 Å². The van der Waals surface area contributed by atoms with E-state index in [2.05, 4.69) is 5.32 Å². The van der Waals surface area contributed by atoms with Gasteiger partial charge < -0.3 is 14.8 Å². The van der Waals surface area contributed by atoms with Crippen LogP contribution in [0.15, 0.2) is 65.7 Å². The Morgan fingerprint density at radius 2 is 1.87 bits per heavy atom. The number of nitrogens with one attached hydrogen (secondary N) is 1. The highest BCUT2D eigenvalue weighted by Gasteiger charge is 2.23. The molecule has 3 rings (SSSR count). The summed E-state index contributed by atoms with van der Waals surface area (Å²) in [5.74, 6) is -0.0412. The fourth-order valence-corrected chi connectivity index (χ4v) is 4.52. The lowest BCUT2D eigenvalue weighted by Gasteiger charge is -2.13. The predicted octanol–water partition coefficient (Wildman–Crippen LogP) is 3.67. The molecule has 0 saturated carbocycles. The van der Waals surface area contributed by atoms with E-state index in [1.165, 1.54) is 24.4 Å². The lowest BCUT2D eigenvalue weighted by atomic mass is 10.1. The Kier molecular flexibility index (Phi) is 7.25. The molecule has 3 aromatic rings. The molecule has 0 aliphatic rings. The number of rotatable bonds is 10. The number of hydrogen-bond acceptors (Lipinski definition) is 5. The lowest BCUT2D eigenvalue weighted by Crippen LogP contribution is -2.14. The number of nitrogens with zero attached hydrogens (tertiary/aromatic N) is 1. The first-order valence-corrected chi connectivity index (χ1v) is 11.0. The topological polar surface area (TPSA) is 69.6 Å².